The monoisotopic (exact) mass is 259 g/mol. The zero-order valence-electron chi connectivity index (χ0n) is 11.6. The van der Waals surface area contributed by atoms with Crippen molar-refractivity contribution in [2.45, 2.75) is 51.7 Å². The van der Waals surface area contributed by atoms with E-state index < -0.39 is 5.60 Å². The predicted molar refractivity (Wildman–Crippen MR) is 68.2 cm³/mol. The van der Waals surface area contributed by atoms with Gasteiger partial charge in [-0.2, -0.15) is 0 Å². The quantitative estimate of drug-likeness (QED) is 0.732. The molecule has 2 N–H and O–H groups in total. The molecule has 0 aliphatic carbocycles. The van der Waals surface area contributed by atoms with Gasteiger partial charge in [0.15, 0.2) is 0 Å². The lowest BCUT2D eigenvalue weighted by atomic mass is 9.91. The first-order valence-electron chi connectivity index (χ1n) is 6.60. The van der Waals surface area contributed by atoms with Crippen LogP contribution in [-0.4, -0.2) is 52.6 Å². The lowest BCUT2D eigenvalue weighted by molar-refractivity contribution is -0.0329. The number of unbranched alkanes of at least 4 members (excludes halogenated alkanes) is 1. The van der Waals surface area contributed by atoms with E-state index in [1.54, 1.807) is 4.90 Å². The van der Waals surface area contributed by atoms with Crippen LogP contribution in [-0.2, 0) is 4.74 Å². The van der Waals surface area contributed by atoms with Gasteiger partial charge < -0.3 is 19.8 Å². The van der Waals surface area contributed by atoms with Crippen molar-refractivity contribution in [2.24, 2.45) is 5.92 Å². The average molecular weight is 259 g/mol. The minimum absolute atomic E-state index is 0.149. The van der Waals surface area contributed by atoms with Gasteiger partial charge in [-0.15, -0.1) is 0 Å². The molecule has 0 spiro atoms. The summed E-state index contributed by atoms with van der Waals surface area (Å²) < 4.78 is 5.24. The van der Waals surface area contributed by atoms with E-state index in [1.165, 1.54) is 0 Å². The van der Waals surface area contributed by atoms with E-state index in [9.17, 15) is 9.90 Å². The fourth-order valence-corrected chi connectivity index (χ4v) is 1.93. The Morgan fingerprint density at radius 2 is 2.00 bits per heavy atom. The van der Waals surface area contributed by atoms with Crippen molar-refractivity contribution in [3.05, 3.63) is 0 Å². The highest BCUT2D eigenvalue weighted by Gasteiger charge is 2.37. The number of rotatable bonds is 5. The number of hydrogen-bond donors (Lipinski definition) is 2. The Balaban J connectivity index is 2.20. The lowest BCUT2D eigenvalue weighted by Gasteiger charge is -2.42. The molecule has 0 aromatic carbocycles. The van der Waals surface area contributed by atoms with Crippen LogP contribution in [0.5, 0.6) is 0 Å². The molecular weight excluding hydrogens is 234 g/mol. The van der Waals surface area contributed by atoms with Gasteiger partial charge in [0.2, 0.25) is 0 Å². The third-order valence-corrected chi connectivity index (χ3v) is 3.01. The molecule has 5 nitrogen and oxygen atoms in total. The minimum Gasteiger partial charge on any atom is -0.444 e. The SMILES string of the molecule is CC(C)(C)OC(=O)N1CC(C(O)CCCCO)C1. The van der Waals surface area contributed by atoms with Gasteiger partial charge in [0.05, 0.1) is 6.10 Å². The summed E-state index contributed by atoms with van der Waals surface area (Å²) in [4.78, 5) is 13.3. The van der Waals surface area contributed by atoms with Crippen molar-refractivity contribution >= 4 is 6.09 Å². The van der Waals surface area contributed by atoms with Gasteiger partial charge >= 0.3 is 6.09 Å². The highest BCUT2D eigenvalue weighted by molar-refractivity contribution is 5.69. The highest BCUT2D eigenvalue weighted by atomic mass is 16.6. The molecule has 0 saturated carbocycles. The van der Waals surface area contributed by atoms with Crippen LogP contribution in [0.4, 0.5) is 4.79 Å². The molecule has 106 valence electrons. The summed E-state index contributed by atoms with van der Waals surface area (Å²) in [7, 11) is 0. The maximum Gasteiger partial charge on any atom is 0.410 e. The van der Waals surface area contributed by atoms with E-state index in [1.807, 2.05) is 20.8 Å². The van der Waals surface area contributed by atoms with E-state index in [0.29, 0.717) is 19.5 Å². The molecule has 1 aliphatic heterocycles. The van der Waals surface area contributed by atoms with Crippen molar-refractivity contribution in [1.82, 2.24) is 4.90 Å². The van der Waals surface area contributed by atoms with E-state index >= 15 is 0 Å². The molecule has 0 aromatic heterocycles. The van der Waals surface area contributed by atoms with Crippen LogP contribution < -0.4 is 0 Å². The first-order valence-corrected chi connectivity index (χ1v) is 6.60. The van der Waals surface area contributed by atoms with Crippen LogP contribution in [0.3, 0.4) is 0 Å². The molecule has 1 atom stereocenters. The van der Waals surface area contributed by atoms with Gasteiger partial charge in [-0.25, -0.2) is 4.79 Å². The Hall–Kier alpha value is -0.810. The van der Waals surface area contributed by atoms with E-state index in [-0.39, 0.29) is 24.7 Å². The van der Waals surface area contributed by atoms with Crippen LogP contribution >= 0.6 is 0 Å². The number of hydrogen-bond acceptors (Lipinski definition) is 4. The van der Waals surface area contributed by atoms with Crippen molar-refractivity contribution < 1.29 is 19.7 Å². The number of likely N-dealkylation sites (tertiary alicyclic amines) is 1. The van der Waals surface area contributed by atoms with Crippen molar-refractivity contribution in [3.63, 3.8) is 0 Å². The van der Waals surface area contributed by atoms with E-state index in [2.05, 4.69) is 0 Å². The van der Waals surface area contributed by atoms with Crippen molar-refractivity contribution in [2.75, 3.05) is 19.7 Å². The van der Waals surface area contributed by atoms with Gasteiger partial charge in [0.25, 0.3) is 0 Å². The number of carbonyl (C=O) groups excluding carboxylic acids is 1. The van der Waals surface area contributed by atoms with Gasteiger partial charge in [0, 0.05) is 25.6 Å². The number of nitrogens with zero attached hydrogens (tertiary/aromatic N) is 1. The molecule has 1 heterocycles. The van der Waals surface area contributed by atoms with Crippen LogP contribution in [0.2, 0.25) is 0 Å². The number of aliphatic hydroxyl groups excluding tert-OH is 2. The van der Waals surface area contributed by atoms with Crippen molar-refractivity contribution in [3.8, 4) is 0 Å². The van der Waals surface area contributed by atoms with E-state index in [4.69, 9.17) is 9.84 Å². The topological polar surface area (TPSA) is 70.0 Å². The van der Waals surface area contributed by atoms with Crippen LogP contribution in [0.25, 0.3) is 0 Å². The van der Waals surface area contributed by atoms with Crippen molar-refractivity contribution in [1.29, 1.82) is 0 Å². The molecule has 1 saturated heterocycles. The zero-order chi connectivity index (χ0) is 13.8. The second-order valence-electron chi connectivity index (χ2n) is 5.93. The summed E-state index contributed by atoms with van der Waals surface area (Å²) in [6.45, 7) is 6.82. The molecule has 1 unspecified atom stereocenters. The first kappa shape index (κ1) is 15.2. The number of carbonyl (C=O) groups is 1. The second-order valence-corrected chi connectivity index (χ2v) is 5.93. The third-order valence-electron chi connectivity index (χ3n) is 3.01. The molecule has 0 radical (unpaired) electrons. The Morgan fingerprint density at radius 1 is 1.39 bits per heavy atom. The Kier molecular flexibility index (Phi) is 5.41. The molecule has 5 heteroatoms. The summed E-state index contributed by atoms with van der Waals surface area (Å²) in [5.41, 5.74) is -0.470. The van der Waals surface area contributed by atoms with Gasteiger partial charge in [-0.3, -0.25) is 0 Å². The molecule has 1 fully saturated rings. The third kappa shape index (κ3) is 4.82. The maximum atomic E-state index is 11.7. The minimum atomic E-state index is -0.470. The molecular formula is C13H25NO4. The fourth-order valence-electron chi connectivity index (χ4n) is 1.93. The average Bonchev–Trinajstić information content (AvgIpc) is 2.12. The standard InChI is InChI=1S/C13H25NO4/c1-13(2,3)18-12(17)14-8-10(9-14)11(16)6-4-5-7-15/h10-11,15-16H,4-9H2,1-3H3. The Morgan fingerprint density at radius 3 is 2.50 bits per heavy atom. The summed E-state index contributed by atoms with van der Waals surface area (Å²) in [6, 6.07) is 0. The summed E-state index contributed by atoms with van der Waals surface area (Å²) in [5, 5.41) is 18.5. The molecule has 1 amide bonds. The Bertz CT molecular complexity index is 269. The predicted octanol–water partition coefficient (Wildman–Crippen LogP) is 1.38. The smallest absolute Gasteiger partial charge is 0.410 e. The number of ether oxygens (including phenoxy) is 1. The Labute approximate surface area is 109 Å². The zero-order valence-corrected chi connectivity index (χ0v) is 11.6. The van der Waals surface area contributed by atoms with Gasteiger partial charge in [-0.1, -0.05) is 0 Å². The van der Waals surface area contributed by atoms with E-state index in [0.717, 1.165) is 12.8 Å². The number of amides is 1. The van der Waals surface area contributed by atoms with Gasteiger partial charge in [-0.05, 0) is 40.0 Å². The first-order chi connectivity index (χ1) is 8.33. The van der Waals surface area contributed by atoms with Crippen LogP contribution in [0.15, 0.2) is 0 Å². The summed E-state index contributed by atoms with van der Waals surface area (Å²) in [5.74, 6) is 0.149. The highest BCUT2D eigenvalue weighted by Crippen LogP contribution is 2.24. The molecule has 0 aromatic rings. The largest absolute Gasteiger partial charge is 0.444 e. The summed E-state index contributed by atoms with van der Waals surface area (Å²) in [6.07, 6.45) is 1.55. The molecule has 18 heavy (non-hydrogen) atoms. The summed E-state index contributed by atoms with van der Waals surface area (Å²) >= 11 is 0. The number of aliphatic hydroxyl groups is 2. The normalized spacial score (nSPS) is 18.4. The molecule has 0 bridgehead atoms. The molecule has 1 aliphatic rings. The van der Waals surface area contributed by atoms with Crippen LogP contribution in [0.1, 0.15) is 40.0 Å². The fraction of sp³-hybridized carbons (Fsp3) is 0.923. The lowest BCUT2D eigenvalue weighted by Crippen LogP contribution is -2.55. The second kappa shape index (κ2) is 6.38. The van der Waals surface area contributed by atoms with Gasteiger partial charge in [0.1, 0.15) is 5.60 Å². The maximum absolute atomic E-state index is 11.7. The molecule has 1 rings (SSSR count). The van der Waals surface area contributed by atoms with Crippen LogP contribution in [0, 0.1) is 5.92 Å².